The fraction of sp³-hybridized carbons (Fsp3) is 0.385. The number of imide groups is 1. The highest BCUT2D eigenvalue weighted by atomic mass is 19.4. The van der Waals surface area contributed by atoms with Gasteiger partial charge in [-0.25, -0.2) is 14.1 Å². The number of furan rings is 1. The summed E-state index contributed by atoms with van der Waals surface area (Å²) in [5.41, 5.74) is 0.971. The van der Waals surface area contributed by atoms with Crippen molar-refractivity contribution >= 4 is 23.7 Å². The van der Waals surface area contributed by atoms with Crippen molar-refractivity contribution in [2.75, 3.05) is 18.4 Å². The molecule has 0 bridgehead atoms. The molecule has 3 amide bonds. The summed E-state index contributed by atoms with van der Waals surface area (Å²) in [6.07, 6.45) is -3.18. The van der Waals surface area contributed by atoms with Crippen molar-refractivity contribution in [2.45, 2.75) is 51.1 Å². The minimum atomic E-state index is -4.99. The first-order valence-electron chi connectivity index (χ1n) is 12.4. The van der Waals surface area contributed by atoms with E-state index in [2.05, 4.69) is 10.4 Å². The molecule has 5 rings (SSSR count). The number of rotatable bonds is 5. The number of carbonyl (C=O) groups is 3. The van der Waals surface area contributed by atoms with Crippen LogP contribution in [-0.4, -0.2) is 73.9 Å². The molecular weight excluding hydrogens is 538 g/mol. The number of halogens is 4. The number of aromatic nitrogens is 2. The minimum Gasteiger partial charge on any atom is -0.471 e. The number of anilines is 1. The second kappa shape index (κ2) is 10.1. The van der Waals surface area contributed by atoms with Crippen molar-refractivity contribution in [3.63, 3.8) is 0 Å². The van der Waals surface area contributed by atoms with Crippen molar-refractivity contribution in [1.29, 1.82) is 0 Å². The fourth-order valence-electron chi connectivity index (χ4n) is 5.02. The van der Waals surface area contributed by atoms with E-state index in [9.17, 15) is 37.1 Å². The quantitative estimate of drug-likeness (QED) is 0.360. The van der Waals surface area contributed by atoms with Gasteiger partial charge in [0.15, 0.2) is 6.04 Å². The minimum absolute atomic E-state index is 0.0166. The zero-order valence-corrected chi connectivity index (χ0v) is 21.4. The lowest BCUT2D eigenvalue weighted by Crippen LogP contribution is -2.69. The van der Waals surface area contributed by atoms with E-state index in [1.807, 2.05) is 0 Å². The first-order chi connectivity index (χ1) is 18.9. The number of aliphatic hydroxyl groups excluding tert-OH is 1. The van der Waals surface area contributed by atoms with Gasteiger partial charge >= 0.3 is 12.2 Å². The van der Waals surface area contributed by atoms with Crippen molar-refractivity contribution in [1.82, 2.24) is 19.6 Å². The second-order valence-electron chi connectivity index (χ2n) is 9.87. The molecule has 0 saturated carbocycles. The number of β-lactam (4-membered cyclic amide) rings is 1. The molecule has 1 aromatic carbocycles. The van der Waals surface area contributed by atoms with Crippen molar-refractivity contribution < 1.29 is 41.5 Å². The molecule has 4 heterocycles. The lowest BCUT2D eigenvalue weighted by molar-refractivity contribution is -0.212. The first kappa shape index (κ1) is 27.4. The molecule has 212 valence electrons. The number of amides is 3. The Morgan fingerprint density at radius 1 is 1.18 bits per heavy atom. The highest BCUT2D eigenvalue weighted by Gasteiger charge is 2.65. The lowest BCUT2D eigenvalue weighted by Gasteiger charge is -2.46. The van der Waals surface area contributed by atoms with Gasteiger partial charge in [0.1, 0.15) is 23.8 Å². The lowest BCUT2D eigenvalue weighted by atomic mass is 9.82. The van der Waals surface area contributed by atoms with Crippen LogP contribution in [0.25, 0.3) is 0 Å². The third kappa shape index (κ3) is 4.72. The van der Waals surface area contributed by atoms with Crippen LogP contribution in [0, 0.1) is 19.7 Å². The molecule has 2 saturated heterocycles. The number of urea groups is 1. The molecule has 2 aliphatic rings. The van der Waals surface area contributed by atoms with Crippen LogP contribution in [0.15, 0.2) is 41.2 Å². The average molecular weight is 564 g/mol. The normalized spacial score (nSPS) is 21.1. The Morgan fingerprint density at radius 2 is 1.88 bits per heavy atom. The van der Waals surface area contributed by atoms with Crippen LogP contribution in [0.5, 0.6) is 0 Å². The van der Waals surface area contributed by atoms with Crippen LogP contribution >= 0.6 is 0 Å². The van der Waals surface area contributed by atoms with E-state index < -0.39 is 47.9 Å². The standard InChI is InChI=1S/C26H25F4N5O5/c1-13-11-40-12-18(13)23(37)35-22(31-9-15-3-5-16(27)6-4-15)14(2)20(32-35)19-21(26(28,29)30)34(24(19)38)25(39)33-8-7-17(36)10-33/h3-6,11-12,17,19,21,31,36H,7-10H2,1-2H3. The summed E-state index contributed by atoms with van der Waals surface area (Å²) in [5.74, 6) is -4.12. The molecule has 2 aromatic heterocycles. The number of aliphatic hydroxyl groups is 1. The third-order valence-electron chi connectivity index (χ3n) is 7.18. The van der Waals surface area contributed by atoms with E-state index in [0.717, 1.165) is 9.58 Å². The Labute approximate surface area is 225 Å². The van der Waals surface area contributed by atoms with Crippen LogP contribution in [0.4, 0.5) is 28.2 Å². The van der Waals surface area contributed by atoms with Gasteiger partial charge in [-0.05, 0) is 38.0 Å². The molecule has 14 heteroatoms. The zero-order chi connectivity index (χ0) is 28.9. The SMILES string of the molecule is Cc1cocc1C(=O)n1nc(C2C(=O)N(C(=O)N3CCC(O)C3)C2C(F)(F)F)c(C)c1NCc1ccc(F)cc1. The van der Waals surface area contributed by atoms with Gasteiger partial charge < -0.3 is 19.7 Å². The molecule has 2 fully saturated rings. The van der Waals surface area contributed by atoms with Gasteiger partial charge in [-0.1, -0.05) is 12.1 Å². The highest BCUT2D eigenvalue weighted by molar-refractivity contribution is 6.05. The maximum Gasteiger partial charge on any atom is 0.410 e. The summed E-state index contributed by atoms with van der Waals surface area (Å²) in [6, 6.07) is 1.81. The van der Waals surface area contributed by atoms with Gasteiger partial charge in [-0.3, -0.25) is 9.59 Å². The number of carbonyl (C=O) groups excluding carboxylic acids is 3. The summed E-state index contributed by atoms with van der Waals surface area (Å²) in [7, 11) is 0. The molecule has 0 spiro atoms. The number of benzene rings is 1. The van der Waals surface area contributed by atoms with Gasteiger partial charge in [0.25, 0.3) is 5.91 Å². The van der Waals surface area contributed by atoms with Crippen molar-refractivity contribution in [2.24, 2.45) is 0 Å². The highest BCUT2D eigenvalue weighted by Crippen LogP contribution is 2.46. The maximum atomic E-state index is 14.3. The molecule has 2 N–H and O–H groups in total. The van der Waals surface area contributed by atoms with Gasteiger partial charge in [0, 0.05) is 30.8 Å². The number of likely N-dealkylation sites (tertiary alicyclic amines) is 2. The van der Waals surface area contributed by atoms with E-state index >= 15 is 0 Å². The number of nitrogens with zero attached hydrogens (tertiary/aromatic N) is 4. The van der Waals surface area contributed by atoms with Crippen LogP contribution in [0.3, 0.4) is 0 Å². The van der Waals surface area contributed by atoms with Crippen LogP contribution in [0.2, 0.25) is 0 Å². The van der Waals surface area contributed by atoms with Gasteiger partial charge in [-0.15, -0.1) is 0 Å². The summed E-state index contributed by atoms with van der Waals surface area (Å²) in [6.45, 7) is 2.92. The molecule has 10 nitrogen and oxygen atoms in total. The predicted octanol–water partition coefficient (Wildman–Crippen LogP) is 3.58. The molecule has 40 heavy (non-hydrogen) atoms. The average Bonchev–Trinajstić information content (AvgIpc) is 3.60. The topological polar surface area (TPSA) is 121 Å². The third-order valence-corrected chi connectivity index (χ3v) is 7.18. The van der Waals surface area contributed by atoms with Crippen LogP contribution in [-0.2, 0) is 11.3 Å². The maximum absolute atomic E-state index is 14.3. The molecule has 3 aromatic rings. The second-order valence-corrected chi connectivity index (χ2v) is 9.87. The molecule has 3 atom stereocenters. The number of alkyl halides is 3. The summed E-state index contributed by atoms with van der Waals surface area (Å²) >= 11 is 0. The van der Waals surface area contributed by atoms with Crippen molar-refractivity contribution in [3.8, 4) is 0 Å². The summed E-state index contributed by atoms with van der Waals surface area (Å²) < 4.78 is 62.1. The van der Waals surface area contributed by atoms with Gasteiger partial charge in [0.05, 0.1) is 23.6 Å². The van der Waals surface area contributed by atoms with E-state index in [0.29, 0.717) is 11.1 Å². The largest absolute Gasteiger partial charge is 0.471 e. The fourth-order valence-corrected chi connectivity index (χ4v) is 5.02. The number of nitrogens with one attached hydrogen (secondary N) is 1. The Morgan fingerprint density at radius 3 is 2.45 bits per heavy atom. The monoisotopic (exact) mass is 563 g/mol. The molecule has 0 radical (unpaired) electrons. The van der Waals surface area contributed by atoms with Gasteiger partial charge in [0.2, 0.25) is 5.91 Å². The van der Waals surface area contributed by atoms with Crippen molar-refractivity contribution in [3.05, 3.63) is 70.6 Å². The predicted molar refractivity (Wildman–Crippen MR) is 131 cm³/mol. The molecular formula is C26H25F4N5O5. The first-order valence-corrected chi connectivity index (χ1v) is 12.4. The summed E-state index contributed by atoms with van der Waals surface area (Å²) in [5, 5.41) is 16.8. The molecule has 2 aliphatic heterocycles. The van der Waals surface area contributed by atoms with E-state index in [-0.39, 0.29) is 53.6 Å². The molecule has 0 aliphatic carbocycles. The molecule has 3 unspecified atom stereocenters. The zero-order valence-electron chi connectivity index (χ0n) is 21.4. The van der Waals surface area contributed by atoms with Crippen LogP contribution < -0.4 is 5.32 Å². The summed E-state index contributed by atoms with van der Waals surface area (Å²) in [4.78, 5) is 40.5. The Bertz CT molecular complexity index is 1460. The number of hydrogen-bond donors (Lipinski definition) is 2. The smallest absolute Gasteiger partial charge is 0.410 e. The number of hydrogen-bond acceptors (Lipinski definition) is 7. The van der Waals surface area contributed by atoms with Crippen LogP contribution in [0.1, 0.15) is 45.1 Å². The van der Waals surface area contributed by atoms with E-state index in [1.165, 1.54) is 43.7 Å². The van der Waals surface area contributed by atoms with Gasteiger partial charge in [-0.2, -0.15) is 23.0 Å². The van der Waals surface area contributed by atoms with E-state index in [1.54, 1.807) is 6.92 Å². The Hall–Kier alpha value is -4.20. The number of β-amino-alcohol motifs (C(OH)–C–C–N with tert-alkyl or cyclic N) is 1. The number of aryl methyl sites for hydroxylation is 1. The Balaban J connectivity index is 1.52. The van der Waals surface area contributed by atoms with E-state index in [4.69, 9.17) is 4.42 Å². The Kier molecular flexibility index (Phi) is 6.90.